The topological polar surface area (TPSA) is 78.0 Å². The predicted molar refractivity (Wildman–Crippen MR) is 84.7 cm³/mol. The van der Waals surface area contributed by atoms with Gasteiger partial charge in [0.25, 0.3) is 5.91 Å². The van der Waals surface area contributed by atoms with Gasteiger partial charge in [-0.15, -0.1) is 0 Å². The summed E-state index contributed by atoms with van der Waals surface area (Å²) in [6.45, 7) is 0.0736. The van der Waals surface area contributed by atoms with E-state index in [1.807, 2.05) is 18.2 Å². The summed E-state index contributed by atoms with van der Waals surface area (Å²) in [5.41, 5.74) is 1.83. The molecular weight excluding hydrogens is 302 g/mol. The normalized spacial score (nSPS) is 15.5. The second-order valence-electron chi connectivity index (χ2n) is 5.57. The average Bonchev–Trinajstić information content (AvgIpc) is 3.24. The number of amides is 1. The van der Waals surface area contributed by atoms with Crippen molar-refractivity contribution in [2.75, 3.05) is 6.61 Å². The first-order valence-corrected chi connectivity index (χ1v) is 7.78. The van der Waals surface area contributed by atoms with Gasteiger partial charge in [0.1, 0.15) is 0 Å². The molecule has 0 saturated heterocycles. The molecular formula is C16H18ClN3O2. The van der Waals surface area contributed by atoms with Gasteiger partial charge in [0.15, 0.2) is 0 Å². The van der Waals surface area contributed by atoms with Crippen LogP contribution in [-0.2, 0) is 0 Å². The van der Waals surface area contributed by atoms with Crippen molar-refractivity contribution >= 4 is 17.5 Å². The molecule has 1 unspecified atom stereocenters. The van der Waals surface area contributed by atoms with E-state index in [9.17, 15) is 4.79 Å². The standard InChI is InChI=1S/C16H18ClN3O2/c17-13-4-2-1-3-11(13)15-12(9-18-20-15)16(22)19-14(7-8-21)10-5-6-10/h1-4,9-10,14,21H,5-8H2,(H,18,20)(H,19,22). The van der Waals surface area contributed by atoms with Crippen molar-refractivity contribution in [3.63, 3.8) is 0 Å². The van der Waals surface area contributed by atoms with Crippen molar-refractivity contribution in [1.82, 2.24) is 15.5 Å². The Labute approximate surface area is 133 Å². The van der Waals surface area contributed by atoms with Crippen molar-refractivity contribution < 1.29 is 9.90 Å². The van der Waals surface area contributed by atoms with Crippen LogP contribution >= 0.6 is 11.6 Å². The number of aromatic nitrogens is 2. The molecule has 1 atom stereocenters. The maximum absolute atomic E-state index is 12.5. The molecule has 1 heterocycles. The lowest BCUT2D eigenvalue weighted by Gasteiger charge is -2.17. The van der Waals surface area contributed by atoms with E-state index >= 15 is 0 Å². The number of aliphatic hydroxyl groups excluding tert-OH is 1. The number of H-pyrrole nitrogens is 1. The highest BCUT2D eigenvalue weighted by Gasteiger charge is 2.32. The first-order chi connectivity index (χ1) is 10.7. The highest BCUT2D eigenvalue weighted by atomic mass is 35.5. The van der Waals surface area contributed by atoms with Gasteiger partial charge in [-0.05, 0) is 31.2 Å². The van der Waals surface area contributed by atoms with Crippen LogP contribution in [0.1, 0.15) is 29.6 Å². The molecule has 1 aromatic heterocycles. The average molecular weight is 320 g/mol. The molecule has 0 spiro atoms. The maximum atomic E-state index is 12.5. The monoisotopic (exact) mass is 319 g/mol. The summed E-state index contributed by atoms with van der Waals surface area (Å²) >= 11 is 6.20. The summed E-state index contributed by atoms with van der Waals surface area (Å²) in [5, 5.41) is 19.5. The van der Waals surface area contributed by atoms with Crippen LogP contribution in [0.3, 0.4) is 0 Å². The van der Waals surface area contributed by atoms with Gasteiger partial charge >= 0.3 is 0 Å². The van der Waals surface area contributed by atoms with Gasteiger partial charge in [-0.3, -0.25) is 9.89 Å². The van der Waals surface area contributed by atoms with Crippen LogP contribution in [-0.4, -0.2) is 33.9 Å². The minimum Gasteiger partial charge on any atom is -0.396 e. The van der Waals surface area contributed by atoms with Crippen molar-refractivity contribution in [2.24, 2.45) is 5.92 Å². The predicted octanol–water partition coefficient (Wildman–Crippen LogP) is 2.62. The first-order valence-electron chi connectivity index (χ1n) is 7.40. The minimum atomic E-state index is -0.186. The number of halogens is 1. The van der Waals surface area contributed by atoms with E-state index in [-0.39, 0.29) is 18.6 Å². The fourth-order valence-electron chi connectivity index (χ4n) is 2.64. The number of benzene rings is 1. The van der Waals surface area contributed by atoms with Crippen molar-refractivity contribution in [1.29, 1.82) is 0 Å². The van der Waals surface area contributed by atoms with Crippen LogP contribution in [0.5, 0.6) is 0 Å². The summed E-state index contributed by atoms with van der Waals surface area (Å²) in [4.78, 5) is 12.5. The molecule has 1 aromatic carbocycles. The van der Waals surface area contributed by atoms with Crippen LogP contribution in [0.25, 0.3) is 11.3 Å². The molecule has 3 N–H and O–H groups in total. The van der Waals surface area contributed by atoms with Crippen molar-refractivity contribution in [2.45, 2.75) is 25.3 Å². The molecule has 6 heteroatoms. The Morgan fingerprint density at radius 3 is 2.91 bits per heavy atom. The van der Waals surface area contributed by atoms with Crippen LogP contribution in [0.2, 0.25) is 5.02 Å². The molecule has 0 bridgehead atoms. The SMILES string of the molecule is O=C(NC(CCO)C1CC1)c1cn[nH]c1-c1ccccc1Cl. The minimum absolute atomic E-state index is 0.0199. The molecule has 0 radical (unpaired) electrons. The second-order valence-corrected chi connectivity index (χ2v) is 5.98. The van der Waals surface area contributed by atoms with E-state index in [1.54, 1.807) is 6.07 Å². The lowest BCUT2D eigenvalue weighted by atomic mass is 10.1. The van der Waals surface area contributed by atoms with Gasteiger partial charge in [-0.25, -0.2) is 0 Å². The zero-order valence-electron chi connectivity index (χ0n) is 12.1. The summed E-state index contributed by atoms with van der Waals surface area (Å²) in [6.07, 6.45) is 4.30. The molecule has 22 heavy (non-hydrogen) atoms. The Morgan fingerprint density at radius 2 is 2.23 bits per heavy atom. The third-order valence-corrected chi connectivity index (χ3v) is 4.30. The van der Waals surface area contributed by atoms with E-state index in [2.05, 4.69) is 15.5 Å². The Balaban J connectivity index is 1.82. The summed E-state index contributed by atoms with van der Waals surface area (Å²) < 4.78 is 0. The Hall–Kier alpha value is -1.85. The number of carbonyl (C=O) groups excluding carboxylic acids is 1. The zero-order valence-corrected chi connectivity index (χ0v) is 12.8. The van der Waals surface area contributed by atoms with Gasteiger partial charge in [-0.2, -0.15) is 5.10 Å². The number of aliphatic hydroxyl groups is 1. The Bertz CT molecular complexity index is 667. The van der Waals surface area contributed by atoms with E-state index in [1.165, 1.54) is 6.20 Å². The molecule has 2 aromatic rings. The number of aromatic amines is 1. The first kappa shape index (κ1) is 15.1. The van der Waals surface area contributed by atoms with Crippen LogP contribution in [0.15, 0.2) is 30.5 Å². The van der Waals surface area contributed by atoms with Gasteiger partial charge < -0.3 is 10.4 Å². The quantitative estimate of drug-likeness (QED) is 0.766. The van der Waals surface area contributed by atoms with E-state index in [0.29, 0.717) is 28.6 Å². The smallest absolute Gasteiger partial charge is 0.255 e. The van der Waals surface area contributed by atoms with Gasteiger partial charge in [0.2, 0.25) is 0 Å². The number of carbonyl (C=O) groups is 1. The molecule has 116 valence electrons. The van der Waals surface area contributed by atoms with E-state index in [0.717, 1.165) is 18.4 Å². The van der Waals surface area contributed by atoms with E-state index < -0.39 is 0 Å². The highest BCUT2D eigenvalue weighted by Crippen LogP contribution is 2.34. The lowest BCUT2D eigenvalue weighted by Crippen LogP contribution is -2.37. The van der Waals surface area contributed by atoms with Crippen LogP contribution < -0.4 is 5.32 Å². The molecule has 5 nitrogen and oxygen atoms in total. The fraction of sp³-hybridized carbons (Fsp3) is 0.375. The van der Waals surface area contributed by atoms with Gasteiger partial charge in [-0.1, -0.05) is 29.8 Å². The highest BCUT2D eigenvalue weighted by molar-refractivity contribution is 6.33. The largest absolute Gasteiger partial charge is 0.396 e. The van der Waals surface area contributed by atoms with Gasteiger partial charge in [0.05, 0.1) is 17.5 Å². The number of hydrogen-bond acceptors (Lipinski definition) is 3. The number of hydrogen-bond donors (Lipinski definition) is 3. The lowest BCUT2D eigenvalue weighted by molar-refractivity contribution is 0.0925. The van der Waals surface area contributed by atoms with E-state index in [4.69, 9.17) is 16.7 Å². The second kappa shape index (κ2) is 6.50. The number of nitrogens with one attached hydrogen (secondary N) is 2. The molecule has 0 aliphatic heterocycles. The molecule has 3 rings (SSSR count). The summed E-state index contributed by atoms with van der Waals surface area (Å²) in [5.74, 6) is 0.292. The molecule has 1 aliphatic carbocycles. The summed E-state index contributed by atoms with van der Waals surface area (Å²) in [6, 6.07) is 7.35. The van der Waals surface area contributed by atoms with Crippen molar-refractivity contribution in [3.05, 3.63) is 41.0 Å². The van der Waals surface area contributed by atoms with Crippen LogP contribution in [0, 0.1) is 5.92 Å². The zero-order chi connectivity index (χ0) is 15.5. The fourth-order valence-corrected chi connectivity index (χ4v) is 2.87. The van der Waals surface area contributed by atoms with Gasteiger partial charge in [0, 0.05) is 23.2 Å². The third-order valence-electron chi connectivity index (χ3n) is 3.97. The number of nitrogens with zero attached hydrogens (tertiary/aromatic N) is 1. The maximum Gasteiger partial charge on any atom is 0.255 e. The van der Waals surface area contributed by atoms with Crippen molar-refractivity contribution in [3.8, 4) is 11.3 Å². The molecule has 1 amide bonds. The molecule has 1 fully saturated rings. The summed E-state index contributed by atoms with van der Waals surface area (Å²) in [7, 11) is 0. The Kier molecular flexibility index (Phi) is 4.45. The molecule has 1 saturated carbocycles. The molecule has 1 aliphatic rings. The third kappa shape index (κ3) is 3.15. The van der Waals surface area contributed by atoms with Crippen LogP contribution in [0.4, 0.5) is 0 Å². The Morgan fingerprint density at radius 1 is 1.45 bits per heavy atom. The number of rotatable bonds is 6.